The van der Waals surface area contributed by atoms with E-state index in [-0.39, 0.29) is 5.91 Å². The largest absolute Gasteiger partial charge is 0.372 e. The van der Waals surface area contributed by atoms with Gasteiger partial charge in [0, 0.05) is 37.4 Å². The first-order valence-corrected chi connectivity index (χ1v) is 8.53. The standard InChI is InChI=1S/C18H29N3O/c1-3-11-20(4-2)17-7-5-16(6-8-17)18(22)21-12-9-15(14-19)10-13-21/h5-8,15H,3-4,9-14,19H2,1-2H3. The Balaban J connectivity index is 1.99. The van der Waals surface area contributed by atoms with Crippen molar-refractivity contribution < 1.29 is 4.79 Å². The summed E-state index contributed by atoms with van der Waals surface area (Å²) in [5, 5.41) is 0. The van der Waals surface area contributed by atoms with Crippen LogP contribution in [0.5, 0.6) is 0 Å². The Labute approximate surface area is 134 Å². The lowest BCUT2D eigenvalue weighted by molar-refractivity contribution is 0.0693. The molecule has 4 nitrogen and oxygen atoms in total. The predicted octanol–water partition coefficient (Wildman–Crippen LogP) is 2.73. The summed E-state index contributed by atoms with van der Waals surface area (Å²) in [5.74, 6) is 0.735. The van der Waals surface area contributed by atoms with Gasteiger partial charge in [0.15, 0.2) is 0 Å². The Bertz CT molecular complexity index is 464. The van der Waals surface area contributed by atoms with Crippen molar-refractivity contribution in [3.8, 4) is 0 Å². The van der Waals surface area contributed by atoms with Crippen molar-refractivity contribution in [1.82, 2.24) is 4.90 Å². The molecule has 0 unspecified atom stereocenters. The number of carbonyl (C=O) groups is 1. The Morgan fingerprint density at radius 3 is 2.36 bits per heavy atom. The van der Waals surface area contributed by atoms with Crippen LogP contribution in [0.4, 0.5) is 5.69 Å². The van der Waals surface area contributed by atoms with Gasteiger partial charge in [-0.2, -0.15) is 0 Å². The number of rotatable bonds is 6. The van der Waals surface area contributed by atoms with E-state index in [1.54, 1.807) is 0 Å². The molecule has 0 aromatic heterocycles. The molecule has 0 spiro atoms. The molecule has 0 aliphatic carbocycles. The quantitative estimate of drug-likeness (QED) is 0.879. The summed E-state index contributed by atoms with van der Waals surface area (Å²) in [6.07, 6.45) is 3.19. The maximum absolute atomic E-state index is 12.6. The molecule has 0 bridgehead atoms. The molecule has 122 valence electrons. The Kier molecular flexibility index (Phi) is 6.25. The summed E-state index contributed by atoms with van der Waals surface area (Å²) in [6.45, 7) is 8.80. The Hall–Kier alpha value is -1.55. The molecule has 1 heterocycles. The van der Waals surface area contributed by atoms with E-state index in [1.807, 2.05) is 17.0 Å². The lowest BCUT2D eigenvalue weighted by Gasteiger charge is -2.31. The maximum Gasteiger partial charge on any atom is 0.253 e. The van der Waals surface area contributed by atoms with E-state index in [9.17, 15) is 4.79 Å². The van der Waals surface area contributed by atoms with Gasteiger partial charge in [0.1, 0.15) is 0 Å². The third kappa shape index (κ3) is 4.01. The third-order valence-electron chi connectivity index (χ3n) is 4.59. The van der Waals surface area contributed by atoms with Crippen molar-refractivity contribution in [2.75, 3.05) is 37.6 Å². The summed E-state index contributed by atoms with van der Waals surface area (Å²) in [6, 6.07) is 8.06. The third-order valence-corrected chi connectivity index (χ3v) is 4.59. The molecule has 2 N–H and O–H groups in total. The molecule has 2 rings (SSSR count). The van der Waals surface area contributed by atoms with Crippen molar-refractivity contribution in [1.29, 1.82) is 0 Å². The summed E-state index contributed by atoms with van der Waals surface area (Å²) in [7, 11) is 0. The van der Waals surface area contributed by atoms with Crippen LogP contribution in [0.3, 0.4) is 0 Å². The van der Waals surface area contributed by atoms with Gasteiger partial charge in [-0.05, 0) is 62.9 Å². The van der Waals surface area contributed by atoms with Gasteiger partial charge in [-0.1, -0.05) is 6.92 Å². The Morgan fingerprint density at radius 1 is 1.23 bits per heavy atom. The minimum absolute atomic E-state index is 0.153. The first-order chi connectivity index (χ1) is 10.7. The number of nitrogens with two attached hydrogens (primary N) is 1. The van der Waals surface area contributed by atoms with Crippen LogP contribution in [-0.2, 0) is 0 Å². The minimum atomic E-state index is 0.153. The fourth-order valence-electron chi connectivity index (χ4n) is 3.11. The molecule has 0 radical (unpaired) electrons. The monoisotopic (exact) mass is 303 g/mol. The van der Waals surface area contributed by atoms with E-state index < -0.39 is 0 Å². The number of benzene rings is 1. The molecule has 1 amide bonds. The predicted molar refractivity (Wildman–Crippen MR) is 92.3 cm³/mol. The number of likely N-dealkylation sites (tertiary alicyclic amines) is 1. The van der Waals surface area contributed by atoms with Crippen LogP contribution >= 0.6 is 0 Å². The van der Waals surface area contributed by atoms with Gasteiger partial charge in [0.05, 0.1) is 0 Å². The summed E-state index contributed by atoms with van der Waals surface area (Å²) >= 11 is 0. The van der Waals surface area contributed by atoms with Gasteiger partial charge in [-0.3, -0.25) is 4.79 Å². The van der Waals surface area contributed by atoms with E-state index >= 15 is 0 Å². The van der Waals surface area contributed by atoms with Crippen LogP contribution in [-0.4, -0.2) is 43.5 Å². The SMILES string of the molecule is CCCN(CC)c1ccc(C(=O)N2CCC(CN)CC2)cc1. The van der Waals surface area contributed by atoms with E-state index in [0.717, 1.165) is 57.5 Å². The van der Waals surface area contributed by atoms with Crippen molar-refractivity contribution in [2.24, 2.45) is 11.7 Å². The molecule has 1 aromatic rings. The zero-order valence-electron chi connectivity index (χ0n) is 13.9. The van der Waals surface area contributed by atoms with Crippen LogP contribution in [0.1, 0.15) is 43.5 Å². The fraction of sp³-hybridized carbons (Fsp3) is 0.611. The van der Waals surface area contributed by atoms with E-state index in [1.165, 1.54) is 5.69 Å². The number of amides is 1. The molecule has 1 aliphatic heterocycles. The zero-order chi connectivity index (χ0) is 15.9. The number of hydrogen-bond acceptors (Lipinski definition) is 3. The molecule has 1 saturated heterocycles. The van der Waals surface area contributed by atoms with Gasteiger partial charge >= 0.3 is 0 Å². The molecule has 1 aliphatic rings. The van der Waals surface area contributed by atoms with Crippen LogP contribution in [0, 0.1) is 5.92 Å². The van der Waals surface area contributed by atoms with E-state index in [4.69, 9.17) is 5.73 Å². The van der Waals surface area contributed by atoms with Gasteiger partial charge in [-0.25, -0.2) is 0 Å². The van der Waals surface area contributed by atoms with Crippen LogP contribution < -0.4 is 10.6 Å². The normalized spacial score (nSPS) is 15.9. The number of hydrogen-bond donors (Lipinski definition) is 1. The summed E-state index contributed by atoms with van der Waals surface area (Å²) < 4.78 is 0. The molecule has 0 saturated carbocycles. The van der Waals surface area contributed by atoms with Gasteiger partial charge in [0.2, 0.25) is 0 Å². The number of anilines is 1. The molecular weight excluding hydrogens is 274 g/mol. The molecule has 1 fully saturated rings. The van der Waals surface area contributed by atoms with Crippen molar-refractivity contribution in [2.45, 2.75) is 33.1 Å². The molecule has 22 heavy (non-hydrogen) atoms. The van der Waals surface area contributed by atoms with Gasteiger partial charge < -0.3 is 15.5 Å². The van der Waals surface area contributed by atoms with Crippen molar-refractivity contribution in [3.63, 3.8) is 0 Å². The zero-order valence-corrected chi connectivity index (χ0v) is 13.9. The van der Waals surface area contributed by atoms with Crippen LogP contribution in [0.2, 0.25) is 0 Å². The second-order valence-electron chi connectivity index (χ2n) is 6.10. The van der Waals surface area contributed by atoms with E-state index in [0.29, 0.717) is 5.92 Å². The molecule has 4 heteroatoms. The second-order valence-corrected chi connectivity index (χ2v) is 6.10. The topological polar surface area (TPSA) is 49.6 Å². The van der Waals surface area contributed by atoms with E-state index in [2.05, 4.69) is 30.9 Å². The smallest absolute Gasteiger partial charge is 0.253 e. The fourth-order valence-corrected chi connectivity index (χ4v) is 3.11. The Morgan fingerprint density at radius 2 is 1.86 bits per heavy atom. The average Bonchev–Trinajstić information content (AvgIpc) is 2.59. The number of nitrogens with zero attached hydrogens (tertiary/aromatic N) is 2. The maximum atomic E-state index is 12.6. The second kappa shape index (κ2) is 8.18. The van der Waals surface area contributed by atoms with Gasteiger partial charge in [-0.15, -0.1) is 0 Å². The number of piperidine rings is 1. The van der Waals surface area contributed by atoms with Crippen LogP contribution in [0.25, 0.3) is 0 Å². The lowest BCUT2D eigenvalue weighted by Crippen LogP contribution is -2.40. The first-order valence-electron chi connectivity index (χ1n) is 8.53. The summed E-state index contributed by atoms with van der Waals surface area (Å²) in [5.41, 5.74) is 7.70. The van der Waals surface area contributed by atoms with Crippen molar-refractivity contribution in [3.05, 3.63) is 29.8 Å². The first kappa shape index (κ1) is 16.8. The lowest BCUT2D eigenvalue weighted by atomic mass is 9.96. The number of carbonyl (C=O) groups excluding carboxylic acids is 1. The van der Waals surface area contributed by atoms with Crippen LogP contribution in [0.15, 0.2) is 24.3 Å². The highest BCUT2D eigenvalue weighted by molar-refractivity contribution is 5.94. The minimum Gasteiger partial charge on any atom is -0.372 e. The molecule has 1 aromatic carbocycles. The molecule has 0 atom stereocenters. The van der Waals surface area contributed by atoms with Gasteiger partial charge in [0.25, 0.3) is 5.91 Å². The average molecular weight is 303 g/mol. The highest BCUT2D eigenvalue weighted by Gasteiger charge is 2.22. The summed E-state index contributed by atoms with van der Waals surface area (Å²) in [4.78, 5) is 16.8. The highest BCUT2D eigenvalue weighted by Crippen LogP contribution is 2.20. The highest BCUT2D eigenvalue weighted by atomic mass is 16.2. The van der Waals surface area contributed by atoms with Crippen molar-refractivity contribution >= 4 is 11.6 Å². The molecular formula is C18H29N3O.